The molecule has 2 fully saturated rings. The number of carbonyl (C=O) groups excluding carboxylic acids is 1. The van der Waals surface area contributed by atoms with E-state index in [1.54, 1.807) is 35.5 Å². The number of anilines is 1. The van der Waals surface area contributed by atoms with Crippen molar-refractivity contribution < 1.29 is 23.4 Å². The summed E-state index contributed by atoms with van der Waals surface area (Å²) in [6, 6.07) is 6.96. The molecule has 4 aromatic rings. The number of imidazole rings is 2. The lowest BCUT2D eigenvalue weighted by Crippen LogP contribution is -2.43. The summed E-state index contributed by atoms with van der Waals surface area (Å²) in [4.78, 5) is 34.3. The third-order valence-corrected chi connectivity index (χ3v) is 7.21. The predicted octanol–water partition coefficient (Wildman–Crippen LogP) is 2.48. The number of aliphatic hydroxyl groups excluding tert-OH is 1. The minimum absolute atomic E-state index is 0.00700. The normalized spacial score (nSPS) is 18.1. The van der Waals surface area contributed by atoms with Crippen LogP contribution in [-0.2, 0) is 9.53 Å². The van der Waals surface area contributed by atoms with Crippen molar-refractivity contribution in [3.05, 3.63) is 36.4 Å². The Morgan fingerprint density at radius 1 is 1.08 bits per heavy atom. The highest BCUT2D eigenvalue weighted by Gasteiger charge is 2.30. The number of nitrogens with zero attached hydrogens (tertiary/aromatic N) is 8. The molecule has 6 rings (SSSR count). The first kappa shape index (κ1) is 24.6. The Labute approximate surface area is 216 Å². The molecule has 2 aliphatic rings. The molecule has 2 saturated heterocycles. The largest absolute Gasteiger partial charge is 0.384 e. The molecule has 11 nitrogen and oxygen atoms in total. The fraction of sp³-hybridized carbons (Fsp3) is 0.480. The SMILES string of the molecule is CC(O)C(=O)N1CCC(n2cnc3c(-n4c(C(F)F)nc5ccccc54)nc(N4CCOCC4)nc32)CC1. The van der Waals surface area contributed by atoms with E-state index >= 15 is 0 Å². The predicted molar refractivity (Wildman–Crippen MR) is 134 cm³/mol. The van der Waals surface area contributed by atoms with Crippen molar-refractivity contribution in [1.82, 2.24) is 34.0 Å². The maximum atomic E-state index is 14.2. The molecule has 1 aromatic carbocycles. The summed E-state index contributed by atoms with van der Waals surface area (Å²) in [5.74, 6) is -0.0264. The lowest BCUT2D eigenvalue weighted by molar-refractivity contribution is -0.140. The molecule has 1 unspecified atom stereocenters. The van der Waals surface area contributed by atoms with Gasteiger partial charge in [-0.05, 0) is 31.9 Å². The second kappa shape index (κ2) is 9.87. The second-order valence-corrected chi connectivity index (χ2v) is 9.60. The van der Waals surface area contributed by atoms with Crippen LogP contribution in [0.5, 0.6) is 0 Å². The van der Waals surface area contributed by atoms with Crippen LogP contribution in [0.15, 0.2) is 30.6 Å². The Morgan fingerprint density at radius 2 is 1.82 bits per heavy atom. The van der Waals surface area contributed by atoms with Gasteiger partial charge in [0.1, 0.15) is 6.10 Å². The highest BCUT2D eigenvalue weighted by atomic mass is 19.3. The topological polar surface area (TPSA) is 114 Å². The van der Waals surface area contributed by atoms with Crippen LogP contribution in [-0.4, -0.2) is 90.5 Å². The first-order valence-corrected chi connectivity index (χ1v) is 12.7. The van der Waals surface area contributed by atoms with Crippen molar-refractivity contribution in [2.45, 2.75) is 38.3 Å². The maximum absolute atomic E-state index is 14.2. The molecule has 2 aliphatic heterocycles. The number of piperidine rings is 1. The number of carbonyl (C=O) groups is 1. The van der Waals surface area contributed by atoms with E-state index in [0.29, 0.717) is 80.4 Å². The number of aliphatic hydroxyl groups is 1. The number of likely N-dealkylation sites (tertiary alicyclic amines) is 1. The number of alkyl halides is 2. The van der Waals surface area contributed by atoms with Crippen LogP contribution in [0.2, 0.25) is 0 Å². The fourth-order valence-corrected chi connectivity index (χ4v) is 5.26. The van der Waals surface area contributed by atoms with Crippen LogP contribution < -0.4 is 4.90 Å². The van der Waals surface area contributed by atoms with E-state index < -0.39 is 18.4 Å². The fourth-order valence-electron chi connectivity index (χ4n) is 5.26. The second-order valence-electron chi connectivity index (χ2n) is 9.60. The molecule has 0 bridgehead atoms. The summed E-state index contributed by atoms with van der Waals surface area (Å²) in [7, 11) is 0. The summed E-state index contributed by atoms with van der Waals surface area (Å²) in [6.45, 7) is 4.63. The summed E-state index contributed by atoms with van der Waals surface area (Å²) in [5, 5.41) is 9.68. The van der Waals surface area contributed by atoms with Crippen molar-refractivity contribution in [3.63, 3.8) is 0 Å². The number of hydrogen-bond acceptors (Lipinski definition) is 8. The van der Waals surface area contributed by atoms with Gasteiger partial charge >= 0.3 is 0 Å². The van der Waals surface area contributed by atoms with Crippen LogP contribution in [0.1, 0.15) is 38.1 Å². The van der Waals surface area contributed by atoms with E-state index in [9.17, 15) is 18.7 Å². The minimum Gasteiger partial charge on any atom is -0.384 e. The Morgan fingerprint density at radius 3 is 2.53 bits per heavy atom. The average molecular weight is 527 g/mol. The molecule has 0 saturated carbocycles. The van der Waals surface area contributed by atoms with E-state index in [0.717, 1.165) is 0 Å². The van der Waals surface area contributed by atoms with Crippen LogP contribution in [0, 0.1) is 0 Å². The Hall–Kier alpha value is -3.71. The van der Waals surface area contributed by atoms with Gasteiger partial charge in [-0.2, -0.15) is 9.97 Å². The van der Waals surface area contributed by atoms with Crippen LogP contribution in [0.25, 0.3) is 28.0 Å². The minimum atomic E-state index is -2.82. The zero-order valence-corrected chi connectivity index (χ0v) is 20.9. The third kappa shape index (κ3) is 4.25. The summed E-state index contributed by atoms with van der Waals surface area (Å²) in [6.07, 6.45) is -0.902. The number of amides is 1. The first-order chi connectivity index (χ1) is 18.4. The Balaban J connectivity index is 1.48. The Bertz CT molecular complexity index is 1470. The quantitative estimate of drug-likeness (QED) is 0.422. The van der Waals surface area contributed by atoms with E-state index in [4.69, 9.17) is 14.7 Å². The van der Waals surface area contributed by atoms with E-state index in [2.05, 4.69) is 9.97 Å². The number of benzene rings is 1. The van der Waals surface area contributed by atoms with Crippen molar-refractivity contribution in [2.24, 2.45) is 0 Å². The average Bonchev–Trinajstić information content (AvgIpc) is 3.55. The van der Waals surface area contributed by atoms with Crippen LogP contribution in [0.3, 0.4) is 0 Å². The van der Waals surface area contributed by atoms with Crippen LogP contribution >= 0.6 is 0 Å². The summed E-state index contributed by atoms with van der Waals surface area (Å²) in [5.41, 5.74) is 1.89. The van der Waals surface area contributed by atoms with Gasteiger partial charge in [0, 0.05) is 32.2 Å². The van der Waals surface area contributed by atoms with E-state index in [1.807, 2.05) is 9.47 Å². The molecular formula is C25H28F2N8O3. The molecule has 0 spiro atoms. The number of fused-ring (bicyclic) bond motifs is 2. The zero-order valence-electron chi connectivity index (χ0n) is 20.9. The molecule has 5 heterocycles. The van der Waals surface area contributed by atoms with E-state index in [-0.39, 0.29) is 17.8 Å². The number of rotatable bonds is 5. The molecule has 1 atom stereocenters. The lowest BCUT2D eigenvalue weighted by atomic mass is 10.0. The molecule has 3 aromatic heterocycles. The number of ether oxygens (including phenoxy) is 1. The number of morpholine rings is 1. The first-order valence-electron chi connectivity index (χ1n) is 12.7. The molecular weight excluding hydrogens is 498 g/mol. The van der Waals surface area contributed by atoms with Crippen molar-refractivity contribution in [2.75, 3.05) is 44.3 Å². The number of para-hydroxylation sites is 2. The number of aromatic nitrogens is 6. The van der Waals surface area contributed by atoms with Gasteiger partial charge in [-0.15, -0.1) is 0 Å². The van der Waals surface area contributed by atoms with Gasteiger partial charge in [0.15, 0.2) is 22.8 Å². The van der Waals surface area contributed by atoms with E-state index in [1.165, 1.54) is 11.5 Å². The molecule has 38 heavy (non-hydrogen) atoms. The van der Waals surface area contributed by atoms with Gasteiger partial charge in [-0.25, -0.2) is 18.7 Å². The molecule has 0 aliphatic carbocycles. The highest BCUT2D eigenvalue weighted by molar-refractivity contribution is 5.86. The van der Waals surface area contributed by atoms with Gasteiger partial charge in [0.2, 0.25) is 5.95 Å². The monoisotopic (exact) mass is 526 g/mol. The van der Waals surface area contributed by atoms with Gasteiger partial charge < -0.3 is 24.2 Å². The maximum Gasteiger partial charge on any atom is 0.296 e. The van der Waals surface area contributed by atoms with Gasteiger partial charge in [-0.3, -0.25) is 9.36 Å². The third-order valence-electron chi connectivity index (χ3n) is 7.21. The van der Waals surface area contributed by atoms with Gasteiger partial charge in [0.25, 0.3) is 12.3 Å². The summed E-state index contributed by atoms with van der Waals surface area (Å²) >= 11 is 0. The van der Waals surface area contributed by atoms with Crippen molar-refractivity contribution >= 4 is 34.1 Å². The lowest BCUT2D eigenvalue weighted by Gasteiger charge is -2.33. The molecule has 13 heteroatoms. The van der Waals surface area contributed by atoms with Gasteiger partial charge in [0.05, 0.1) is 30.6 Å². The van der Waals surface area contributed by atoms with Crippen LogP contribution in [0.4, 0.5) is 14.7 Å². The smallest absolute Gasteiger partial charge is 0.296 e. The summed E-state index contributed by atoms with van der Waals surface area (Å²) < 4.78 is 37.3. The Kier molecular flexibility index (Phi) is 6.40. The molecule has 1 amide bonds. The molecule has 1 N–H and O–H groups in total. The van der Waals surface area contributed by atoms with Gasteiger partial charge in [-0.1, -0.05) is 12.1 Å². The molecule has 200 valence electrons. The van der Waals surface area contributed by atoms with Crippen molar-refractivity contribution in [1.29, 1.82) is 0 Å². The zero-order chi connectivity index (χ0) is 26.4. The van der Waals surface area contributed by atoms with Crippen molar-refractivity contribution in [3.8, 4) is 5.82 Å². The number of halogens is 2. The standard InChI is InChI=1S/C25H28F2N8O3/c1-15(36)24(37)32-8-6-16(7-9-32)34-14-28-19-21(34)30-25(33-10-12-38-13-11-33)31-22(19)35-18-5-3-2-4-17(18)29-23(35)20(26)27/h2-5,14-16,20,36H,6-13H2,1H3. The molecule has 0 radical (unpaired) electrons. The highest BCUT2D eigenvalue weighted by Crippen LogP contribution is 2.33. The number of hydrogen-bond donors (Lipinski definition) is 1.